The molecule has 0 spiro atoms. The van der Waals surface area contributed by atoms with Crippen molar-refractivity contribution in [2.24, 2.45) is 0 Å². The molecular formula is C16H15ClO3. The van der Waals surface area contributed by atoms with Crippen molar-refractivity contribution < 1.29 is 14.6 Å². The highest BCUT2D eigenvalue weighted by Crippen LogP contribution is 2.23. The highest BCUT2D eigenvalue weighted by Gasteiger charge is 2.07. The Bertz CT molecular complexity index is 623. The van der Waals surface area contributed by atoms with Crippen LogP contribution >= 0.6 is 11.6 Å². The molecule has 2 aromatic carbocycles. The van der Waals surface area contributed by atoms with E-state index in [1.54, 1.807) is 6.07 Å². The number of carboxylic acids is 1. The highest BCUT2D eigenvalue weighted by atomic mass is 35.5. The van der Waals surface area contributed by atoms with E-state index >= 15 is 0 Å². The smallest absolute Gasteiger partial charge is 0.307 e. The standard InChI is InChI=1S/C16H15ClO3/c1-11-8-14(17)6-7-15(11)20-10-13-5-3-2-4-12(13)9-16(18)19/h2-8H,9-10H2,1H3,(H,18,19). The SMILES string of the molecule is Cc1cc(Cl)ccc1OCc1ccccc1CC(=O)O. The molecule has 20 heavy (non-hydrogen) atoms. The number of carboxylic acid groups (broad SMARTS) is 1. The van der Waals surface area contributed by atoms with Crippen LogP contribution in [0.15, 0.2) is 42.5 Å². The van der Waals surface area contributed by atoms with Crippen molar-refractivity contribution in [1.29, 1.82) is 0 Å². The Labute approximate surface area is 122 Å². The van der Waals surface area contributed by atoms with E-state index in [4.69, 9.17) is 21.4 Å². The molecule has 0 aromatic heterocycles. The van der Waals surface area contributed by atoms with Crippen molar-refractivity contribution >= 4 is 17.6 Å². The fourth-order valence-electron chi connectivity index (χ4n) is 1.96. The fraction of sp³-hybridized carbons (Fsp3) is 0.188. The van der Waals surface area contributed by atoms with Gasteiger partial charge in [-0.2, -0.15) is 0 Å². The zero-order valence-electron chi connectivity index (χ0n) is 11.1. The molecule has 0 amide bonds. The summed E-state index contributed by atoms with van der Waals surface area (Å²) >= 11 is 5.90. The molecule has 0 unspecified atom stereocenters. The van der Waals surface area contributed by atoms with Crippen LogP contribution in [-0.4, -0.2) is 11.1 Å². The Kier molecular flexibility index (Phi) is 4.64. The lowest BCUT2D eigenvalue weighted by molar-refractivity contribution is -0.136. The summed E-state index contributed by atoms with van der Waals surface area (Å²) in [5.41, 5.74) is 2.60. The molecule has 0 radical (unpaired) electrons. The number of ether oxygens (including phenoxy) is 1. The van der Waals surface area contributed by atoms with Crippen molar-refractivity contribution in [2.45, 2.75) is 20.0 Å². The van der Waals surface area contributed by atoms with Gasteiger partial charge in [0.1, 0.15) is 12.4 Å². The van der Waals surface area contributed by atoms with E-state index in [1.165, 1.54) is 0 Å². The summed E-state index contributed by atoms with van der Waals surface area (Å²) in [5, 5.41) is 9.56. The molecule has 1 N–H and O–H groups in total. The third kappa shape index (κ3) is 3.75. The molecule has 3 nitrogen and oxygen atoms in total. The first kappa shape index (κ1) is 14.4. The zero-order valence-corrected chi connectivity index (χ0v) is 11.9. The Hall–Kier alpha value is -2.00. The number of benzene rings is 2. The molecule has 0 bridgehead atoms. The van der Waals surface area contributed by atoms with Crippen molar-refractivity contribution in [3.05, 3.63) is 64.2 Å². The van der Waals surface area contributed by atoms with E-state index < -0.39 is 5.97 Å². The van der Waals surface area contributed by atoms with Gasteiger partial charge in [-0.05, 0) is 41.8 Å². The maximum atomic E-state index is 10.8. The third-order valence-electron chi connectivity index (χ3n) is 2.98. The van der Waals surface area contributed by atoms with Crippen LogP contribution in [0.1, 0.15) is 16.7 Å². The van der Waals surface area contributed by atoms with Crippen LogP contribution in [0, 0.1) is 6.92 Å². The van der Waals surface area contributed by atoms with Crippen molar-refractivity contribution in [2.75, 3.05) is 0 Å². The van der Waals surface area contributed by atoms with Crippen molar-refractivity contribution in [3.8, 4) is 5.75 Å². The molecule has 0 heterocycles. The minimum Gasteiger partial charge on any atom is -0.489 e. The number of hydrogen-bond acceptors (Lipinski definition) is 2. The minimum atomic E-state index is -0.847. The predicted octanol–water partition coefficient (Wildman–Crippen LogP) is 3.85. The maximum absolute atomic E-state index is 10.8. The molecular weight excluding hydrogens is 276 g/mol. The minimum absolute atomic E-state index is 0.000860. The first-order valence-corrected chi connectivity index (χ1v) is 6.61. The monoisotopic (exact) mass is 290 g/mol. The van der Waals surface area contributed by atoms with Gasteiger partial charge >= 0.3 is 5.97 Å². The molecule has 0 aliphatic heterocycles. The van der Waals surface area contributed by atoms with Gasteiger partial charge in [0.15, 0.2) is 0 Å². The largest absolute Gasteiger partial charge is 0.489 e. The predicted molar refractivity (Wildman–Crippen MR) is 78.3 cm³/mol. The van der Waals surface area contributed by atoms with Gasteiger partial charge in [-0.15, -0.1) is 0 Å². The van der Waals surface area contributed by atoms with E-state index in [-0.39, 0.29) is 6.42 Å². The number of rotatable bonds is 5. The molecule has 4 heteroatoms. The Morgan fingerprint density at radius 1 is 1.20 bits per heavy atom. The quantitative estimate of drug-likeness (QED) is 0.909. The van der Waals surface area contributed by atoms with Crippen molar-refractivity contribution in [3.63, 3.8) is 0 Å². The van der Waals surface area contributed by atoms with Crippen LogP contribution in [-0.2, 0) is 17.8 Å². The molecule has 0 saturated heterocycles. The van der Waals surface area contributed by atoms with Crippen LogP contribution < -0.4 is 4.74 Å². The van der Waals surface area contributed by atoms with Gasteiger partial charge in [0, 0.05) is 5.02 Å². The van der Waals surface area contributed by atoms with E-state index in [1.807, 2.05) is 43.3 Å². The molecule has 2 rings (SSSR count). The van der Waals surface area contributed by atoms with Crippen LogP contribution in [0.2, 0.25) is 5.02 Å². The maximum Gasteiger partial charge on any atom is 0.307 e. The van der Waals surface area contributed by atoms with E-state index in [0.717, 1.165) is 22.4 Å². The molecule has 0 atom stereocenters. The molecule has 104 valence electrons. The van der Waals surface area contributed by atoms with Gasteiger partial charge < -0.3 is 9.84 Å². The van der Waals surface area contributed by atoms with Crippen LogP contribution in [0.4, 0.5) is 0 Å². The van der Waals surface area contributed by atoms with E-state index in [9.17, 15) is 4.79 Å². The number of aliphatic carboxylic acids is 1. The fourth-order valence-corrected chi connectivity index (χ4v) is 2.19. The zero-order chi connectivity index (χ0) is 14.5. The summed E-state index contributed by atoms with van der Waals surface area (Å²) in [5.74, 6) is -0.0975. The third-order valence-corrected chi connectivity index (χ3v) is 3.22. The molecule has 0 aliphatic carbocycles. The average Bonchev–Trinajstić information content (AvgIpc) is 2.39. The number of carbonyl (C=O) groups is 1. The number of aryl methyl sites for hydroxylation is 1. The van der Waals surface area contributed by atoms with Crippen LogP contribution in [0.3, 0.4) is 0 Å². The van der Waals surface area contributed by atoms with Gasteiger partial charge in [0.2, 0.25) is 0 Å². The average molecular weight is 291 g/mol. The summed E-state index contributed by atoms with van der Waals surface area (Å²) in [6.45, 7) is 2.26. The summed E-state index contributed by atoms with van der Waals surface area (Å²) in [6.07, 6.45) is -0.000860. The molecule has 0 fully saturated rings. The lowest BCUT2D eigenvalue weighted by Crippen LogP contribution is -2.06. The van der Waals surface area contributed by atoms with Gasteiger partial charge in [-0.25, -0.2) is 0 Å². The first-order chi connectivity index (χ1) is 9.56. The Balaban J connectivity index is 2.12. The summed E-state index contributed by atoms with van der Waals surface area (Å²) < 4.78 is 5.75. The second-order valence-electron chi connectivity index (χ2n) is 4.54. The van der Waals surface area contributed by atoms with Gasteiger partial charge in [-0.3, -0.25) is 4.79 Å². The molecule has 2 aromatic rings. The van der Waals surface area contributed by atoms with E-state index in [2.05, 4.69) is 0 Å². The molecule has 0 saturated carbocycles. The van der Waals surface area contributed by atoms with Crippen molar-refractivity contribution in [1.82, 2.24) is 0 Å². The normalized spacial score (nSPS) is 10.3. The van der Waals surface area contributed by atoms with Crippen LogP contribution in [0.25, 0.3) is 0 Å². The second kappa shape index (κ2) is 6.44. The Morgan fingerprint density at radius 2 is 1.90 bits per heavy atom. The topological polar surface area (TPSA) is 46.5 Å². The van der Waals surface area contributed by atoms with E-state index in [0.29, 0.717) is 11.6 Å². The van der Waals surface area contributed by atoms with Gasteiger partial charge in [0.25, 0.3) is 0 Å². The van der Waals surface area contributed by atoms with Gasteiger partial charge in [0.05, 0.1) is 6.42 Å². The molecule has 0 aliphatic rings. The highest BCUT2D eigenvalue weighted by molar-refractivity contribution is 6.30. The van der Waals surface area contributed by atoms with Gasteiger partial charge in [-0.1, -0.05) is 35.9 Å². The summed E-state index contributed by atoms with van der Waals surface area (Å²) in [6, 6.07) is 12.8. The first-order valence-electron chi connectivity index (χ1n) is 6.24. The lowest BCUT2D eigenvalue weighted by atomic mass is 10.1. The van der Waals surface area contributed by atoms with Crippen LogP contribution in [0.5, 0.6) is 5.75 Å². The second-order valence-corrected chi connectivity index (χ2v) is 4.97. The number of halogens is 1. The summed E-state index contributed by atoms with van der Waals surface area (Å²) in [7, 11) is 0. The number of hydrogen-bond donors (Lipinski definition) is 1. The Morgan fingerprint density at radius 3 is 2.55 bits per heavy atom. The lowest BCUT2D eigenvalue weighted by Gasteiger charge is -2.12. The summed E-state index contributed by atoms with van der Waals surface area (Å²) in [4.78, 5) is 10.8.